The molecule has 5 heteroatoms. The second-order valence-electron chi connectivity index (χ2n) is 6.06. The van der Waals surface area contributed by atoms with Crippen molar-refractivity contribution in [1.82, 2.24) is 5.32 Å². The van der Waals surface area contributed by atoms with Gasteiger partial charge in [-0.2, -0.15) is 0 Å². The minimum Gasteiger partial charge on any atom is -0.369 e. The van der Waals surface area contributed by atoms with Crippen LogP contribution >= 0.6 is 0 Å². The van der Waals surface area contributed by atoms with E-state index < -0.39 is 11.3 Å². The van der Waals surface area contributed by atoms with E-state index >= 15 is 0 Å². The van der Waals surface area contributed by atoms with E-state index in [0.29, 0.717) is 5.92 Å². The van der Waals surface area contributed by atoms with E-state index in [9.17, 15) is 9.59 Å². The SMILES string of the molecule is CC1CCCC(N)C1C(=O)NCC(C)(C)C(N)=O. The quantitative estimate of drug-likeness (QED) is 0.677. The second kappa shape index (κ2) is 5.69. The predicted molar refractivity (Wildman–Crippen MR) is 70.5 cm³/mol. The summed E-state index contributed by atoms with van der Waals surface area (Å²) in [6, 6.07) is -0.0783. The zero-order valence-electron chi connectivity index (χ0n) is 11.5. The van der Waals surface area contributed by atoms with Gasteiger partial charge in [0.15, 0.2) is 0 Å². The van der Waals surface area contributed by atoms with Crippen LogP contribution in [-0.2, 0) is 9.59 Å². The van der Waals surface area contributed by atoms with Gasteiger partial charge in [0.1, 0.15) is 0 Å². The minimum absolute atomic E-state index is 0.0518. The third-order valence-electron chi connectivity index (χ3n) is 3.95. The lowest BCUT2D eigenvalue weighted by molar-refractivity contribution is -0.130. The molecule has 0 spiro atoms. The maximum Gasteiger partial charge on any atom is 0.224 e. The third-order valence-corrected chi connectivity index (χ3v) is 3.95. The normalized spacial score (nSPS) is 28.8. The first-order valence-electron chi connectivity index (χ1n) is 6.59. The van der Waals surface area contributed by atoms with E-state index in [-0.39, 0.29) is 24.4 Å². The molecule has 0 saturated heterocycles. The van der Waals surface area contributed by atoms with Crippen molar-refractivity contribution in [1.29, 1.82) is 0 Å². The number of carbonyl (C=O) groups excluding carboxylic acids is 2. The highest BCUT2D eigenvalue weighted by Crippen LogP contribution is 2.29. The molecule has 1 aliphatic carbocycles. The molecule has 3 atom stereocenters. The highest BCUT2D eigenvalue weighted by molar-refractivity contribution is 5.83. The molecule has 0 bridgehead atoms. The van der Waals surface area contributed by atoms with Gasteiger partial charge in [-0.05, 0) is 32.6 Å². The Morgan fingerprint density at radius 1 is 1.33 bits per heavy atom. The summed E-state index contributed by atoms with van der Waals surface area (Å²) in [5.74, 6) is -0.319. The van der Waals surface area contributed by atoms with Crippen LogP contribution < -0.4 is 16.8 Å². The first kappa shape index (κ1) is 15.0. The third kappa shape index (κ3) is 3.45. The number of rotatable bonds is 4. The molecule has 0 heterocycles. The van der Waals surface area contributed by atoms with Crippen molar-refractivity contribution in [3.63, 3.8) is 0 Å². The molecule has 0 radical (unpaired) electrons. The highest BCUT2D eigenvalue weighted by Gasteiger charge is 2.35. The van der Waals surface area contributed by atoms with Crippen LogP contribution in [0.25, 0.3) is 0 Å². The molecule has 1 saturated carbocycles. The summed E-state index contributed by atoms with van der Waals surface area (Å²) in [4.78, 5) is 23.3. The van der Waals surface area contributed by atoms with Gasteiger partial charge in [0, 0.05) is 12.6 Å². The highest BCUT2D eigenvalue weighted by atomic mass is 16.2. The molecule has 5 N–H and O–H groups in total. The van der Waals surface area contributed by atoms with E-state index in [2.05, 4.69) is 12.2 Å². The molecule has 1 rings (SSSR count). The molecular weight excluding hydrogens is 230 g/mol. The van der Waals surface area contributed by atoms with Crippen molar-refractivity contribution in [2.75, 3.05) is 6.54 Å². The number of nitrogens with one attached hydrogen (secondary N) is 1. The maximum atomic E-state index is 12.1. The number of hydrogen-bond donors (Lipinski definition) is 3. The number of hydrogen-bond acceptors (Lipinski definition) is 3. The van der Waals surface area contributed by atoms with Gasteiger partial charge in [0.25, 0.3) is 0 Å². The van der Waals surface area contributed by atoms with Crippen molar-refractivity contribution in [3.8, 4) is 0 Å². The van der Waals surface area contributed by atoms with Gasteiger partial charge in [-0.1, -0.05) is 13.3 Å². The molecular formula is C13H25N3O2. The average molecular weight is 255 g/mol. The van der Waals surface area contributed by atoms with E-state index in [1.165, 1.54) is 0 Å². The average Bonchev–Trinajstić information content (AvgIpc) is 2.26. The Hall–Kier alpha value is -1.10. The van der Waals surface area contributed by atoms with Crippen molar-refractivity contribution in [2.24, 2.45) is 28.7 Å². The first-order chi connectivity index (χ1) is 8.25. The summed E-state index contributed by atoms with van der Waals surface area (Å²) in [7, 11) is 0. The molecule has 1 aliphatic rings. The van der Waals surface area contributed by atoms with Gasteiger partial charge >= 0.3 is 0 Å². The van der Waals surface area contributed by atoms with Gasteiger partial charge in [0.2, 0.25) is 11.8 Å². The van der Waals surface area contributed by atoms with E-state index in [1.807, 2.05) is 0 Å². The van der Waals surface area contributed by atoms with Crippen molar-refractivity contribution in [3.05, 3.63) is 0 Å². The summed E-state index contributed by atoms with van der Waals surface area (Å²) in [6.45, 7) is 5.76. The van der Waals surface area contributed by atoms with E-state index in [0.717, 1.165) is 19.3 Å². The lowest BCUT2D eigenvalue weighted by Crippen LogP contribution is -2.50. The smallest absolute Gasteiger partial charge is 0.224 e. The van der Waals surface area contributed by atoms with Gasteiger partial charge in [-0.15, -0.1) is 0 Å². The van der Waals surface area contributed by atoms with Crippen LogP contribution in [0.1, 0.15) is 40.0 Å². The van der Waals surface area contributed by atoms with Crippen LogP contribution in [0, 0.1) is 17.3 Å². The van der Waals surface area contributed by atoms with Crippen LogP contribution in [0.3, 0.4) is 0 Å². The van der Waals surface area contributed by atoms with E-state index in [4.69, 9.17) is 11.5 Å². The van der Waals surface area contributed by atoms with Crippen LogP contribution in [0.4, 0.5) is 0 Å². The van der Waals surface area contributed by atoms with Crippen LogP contribution in [0.2, 0.25) is 0 Å². The standard InChI is InChI=1S/C13H25N3O2/c1-8-5-4-6-9(14)10(8)11(17)16-7-13(2,3)12(15)18/h8-10H,4-7,14H2,1-3H3,(H2,15,18)(H,16,17). The Kier molecular flexibility index (Phi) is 4.73. The summed E-state index contributed by atoms with van der Waals surface area (Å²) < 4.78 is 0. The Labute approximate surface area is 109 Å². The topological polar surface area (TPSA) is 98.2 Å². The molecule has 0 aromatic heterocycles. The van der Waals surface area contributed by atoms with Gasteiger partial charge in [-0.25, -0.2) is 0 Å². The summed E-state index contributed by atoms with van der Waals surface area (Å²) in [5, 5.41) is 2.82. The number of amides is 2. The molecule has 1 fully saturated rings. The summed E-state index contributed by atoms with van der Waals surface area (Å²) in [6.07, 6.45) is 3.01. The lowest BCUT2D eigenvalue weighted by Gasteiger charge is -2.34. The Morgan fingerprint density at radius 2 is 1.94 bits per heavy atom. The Bertz CT molecular complexity index is 318. The fraction of sp³-hybridized carbons (Fsp3) is 0.846. The van der Waals surface area contributed by atoms with Gasteiger partial charge < -0.3 is 16.8 Å². The molecule has 18 heavy (non-hydrogen) atoms. The second-order valence-corrected chi connectivity index (χ2v) is 6.06. The molecule has 3 unspecified atom stereocenters. The monoisotopic (exact) mass is 255 g/mol. The number of nitrogens with two attached hydrogens (primary N) is 2. The van der Waals surface area contributed by atoms with Gasteiger partial charge in [0.05, 0.1) is 11.3 Å². The zero-order valence-corrected chi connectivity index (χ0v) is 11.5. The fourth-order valence-electron chi connectivity index (χ4n) is 2.42. The largest absolute Gasteiger partial charge is 0.369 e. The lowest BCUT2D eigenvalue weighted by atomic mass is 9.76. The predicted octanol–water partition coefficient (Wildman–Crippen LogP) is 0.378. The Morgan fingerprint density at radius 3 is 2.44 bits per heavy atom. The first-order valence-corrected chi connectivity index (χ1v) is 6.59. The van der Waals surface area contributed by atoms with Crippen LogP contribution in [-0.4, -0.2) is 24.4 Å². The molecule has 104 valence electrons. The van der Waals surface area contributed by atoms with Crippen molar-refractivity contribution < 1.29 is 9.59 Å². The van der Waals surface area contributed by atoms with Crippen LogP contribution in [0.5, 0.6) is 0 Å². The van der Waals surface area contributed by atoms with Crippen molar-refractivity contribution >= 4 is 11.8 Å². The molecule has 0 aromatic rings. The van der Waals surface area contributed by atoms with Gasteiger partial charge in [-0.3, -0.25) is 9.59 Å². The molecule has 0 aliphatic heterocycles. The molecule has 0 aromatic carbocycles. The van der Waals surface area contributed by atoms with E-state index in [1.54, 1.807) is 13.8 Å². The molecule has 2 amide bonds. The van der Waals surface area contributed by atoms with Crippen molar-refractivity contribution in [2.45, 2.75) is 46.1 Å². The van der Waals surface area contributed by atoms with Crippen LogP contribution in [0.15, 0.2) is 0 Å². The maximum absolute atomic E-state index is 12.1. The number of carbonyl (C=O) groups is 2. The summed E-state index contributed by atoms with van der Waals surface area (Å²) in [5.41, 5.74) is 10.6. The number of primary amides is 1. The minimum atomic E-state index is -0.725. The fourth-order valence-corrected chi connectivity index (χ4v) is 2.42. The Balaban J connectivity index is 2.57. The zero-order chi connectivity index (χ0) is 13.9. The molecule has 5 nitrogen and oxygen atoms in total. The summed E-state index contributed by atoms with van der Waals surface area (Å²) >= 11 is 0.